The van der Waals surface area contributed by atoms with Crippen molar-refractivity contribution >= 4 is 5.91 Å². The van der Waals surface area contributed by atoms with Crippen LogP contribution in [0.25, 0.3) is 11.1 Å². The average Bonchev–Trinajstić information content (AvgIpc) is 2.75. The highest BCUT2D eigenvalue weighted by Crippen LogP contribution is 2.30. The van der Waals surface area contributed by atoms with Crippen LogP contribution in [0.4, 0.5) is 4.39 Å². The van der Waals surface area contributed by atoms with Gasteiger partial charge >= 0.3 is 0 Å². The van der Waals surface area contributed by atoms with E-state index in [9.17, 15) is 14.0 Å². The zero-order valence-corrected chi connectivity index (χ0v) is 17.1. The minimum absolute atomic E-state index is 0.0679. The van der Waals surface area contributed by atoms with Crippen LogP contribution in [0.1, 0.15) is 40.5 Å². The van der Waals surface area contributed by atoms with Gasteiger partial charge in [0.15, 0.2) is 0 Å². The van der Waals surface area contributed by atoms with Gasteiger partial charge in [0.1, 0.15) is 5.82 Å². The molecule has 1 saturated heterocycles. The van der Waals surface area contributed by atoms with Crippen LogP contribution in [0.5, 0.6) is 0 Å². The smallest absolute Gasteiger partial charge is 0.255 e. The molecule has 154 valence electrons. The van der Waals surface area contributed by atoms with Crippen LogP contribution in [0, 0.1) is 12.7 Å². The summed E-state index contributed by atoms with van der Waals surface area (Å²) in [6.45, 7) is 3.22. The van der Waals surface area contributed by atoms with Gasteiger partial charge in [-0.2, -0.15) is 0 Å². The topological polar surface area (TPSA) is 55.2 Å². The van der Waals surface area contributed by atoms with E-state index in [4.69, 9.17) is 4.98 Å². The van der Waals surface area contributed by atoms with Gasteiger partial charge in [-0.1, -0.05) is 12.1 Å². The standard InChI is InChI=1S/C24H24FN3O2/c1-16-12-20(17-5-8-21(25)9-6-17)13-22(26-16)18-4-3-11-28(15-18)24(30)19-7-10-23(29)27(2)14-19/h5-10,12-14,18H,3-4,11,15H2,1-2H3/t18-/m1/s1. The summed E-state index contributed by atoms with van der Waals surface area (Å²) in [5, 5.41) is 0. The number of aryl methyl sites for hydroxylation is 2. The summed E-state index contributed by atoms with van der Waals surface area (Å²) in [6, 6.07) is 13.5. The van der Waals surface area contributed by atoms with Crippen molar-refractivity contribution in [3.8, 4) is 11.1 Å². The van der Waals surface area contributed by atoms with E-state index in [1.54, 1.807) is 31.4 Å². The van der Waals surface area contributed by atoms with E-state index in [0.717, 1.165) is 35.4 Å². The fourth-order valence-corrected chi connectivity index (χ4v) is 4.02. The summed E-state index contributed by atoms with van der Waals surface area (Å²) in [4.78, 5) is 31.2. The van der Waals surface area contributed by atoms with Crippen LogP contribution in [-0.4, -0.2) is 33.4 Å². The molecule has 0 radical (unpaired) electrons. The summed E-state index contributed by atoms with van der Waals surface area (Å²) in [7, 11) is 1.64. The van der Waals surface area contributed by atoms with Gasteiger partial charge in [0.2, 0.25) is 5.56 Å². The molecule has 6 heteroatoms. The predicted octanol–water partition coefficient (Wildman–Crippen LogP) is 3.91. The SMILES string of the molecule is Cc1cc(-c2ccc(F)cc2)cc([C@@H]2CCCN(C(=O)c3ccc(=O)n(C)c3)C2)n1. The van der Waals surface area contributed by atoms with E-state index in [-0.39, 0.29) is 23.2 Å². The molecule has 2 aromatic heterocycles. The van der Waals surface area contributed by atoms with Crippen molar-refractivity contribution in [2.45, 2.75) is 25.7 Å². The first-order valence-electron chi connectivity index (χ1n) is 10.1. The number of rotatable bonds is 3. The Kier molecular flexibility index (Phi) is 5.48. The first-order valence-corrected chi connectivity index (χ1v) is 10.1. The molecule has 0 bridgehead atoms. The maximum absolute atomic E-state index is 13.3. The first-order chi connectivity index (χ1) is 14.4. The molecule has 30 heavy (non-hydrogen) atoms. The molecule has 1 aliphatic rings. The number of hydrogen-bond donors (Lipinski definition) is 0. The van der Waals surface area contributed by atoms with Crippen molar-refractivity contribution in [3.63, 3.8) is 0 Å². The fraction of sp³-hybridized carbons (Fsp3) is 0.292. The largest absolute Gasteiger partial charge is 0.338 e. The summed E-state index contributed by atoms with van der Waals surface area (Å²) < 4.78 is 14.7. The number of likely N-dealkylation sites (tertiary alicyclic amines) is 1. The molecule has 1 aromatic carbocycles. The van der Waals surface area contributed by atoms with Crippen LogP contribution >= 0.6 is 0 Å². The average molecular weight is 405 g/mol. The molecule has 1 atom stereocenters. The van der Waals surface area contributed by atoms with E-state index in [0.29, 0.717) is 18.7 Å². The molecule has 0 N–H and O–H groups in total. The Balaban J connectivity index is 1.58. The van der Waals surface area contributed by atoms with Gasteiger partial charge in [0.05, 0.1) is 5.56 Å². The number of pyridine rings is 2. The molecule has 1 amide bonds. The molecule has 4 rings (SSSR count). The van der Waals surface area contributed by atoms with Crippen LogP contribution in [0.15, 0.2) is 59.5 Å². The number of nitrogens with zero attached hydrogens (tertiary/aromatic N) is 3. The Morgan fingerprint density at radius 2 is 1.87 bits per heavy atom. The third-order valence-corrected chi connectivity index (χ3v) is 5.61. The second kappa shape index (κ2) is 8.22. The van der Waals surface area contributed by atoms with E-state index >= 15 is 0 Å². The normalized spacial score (nSPS) is 16.5. The Morgan fingerprint density at radius 3 is 2.60 bits per heavy atom. The lowest BCUT2D eigenvalue weighted by molar-refractivity contribution is 0.0705. The van der Waals surface area contributed by atoms with Gasteiger partial charge in [-0.15, -0.1) is 0 Å². The van der Waals surface area contributed by atoms with Crippen LogP contribution in [-0.2, 0) is 7.05 Å². The summed E-state index contributed by atoms with van der Waals surface area (Å²) in [6.07, 6.45) is 3.44. The Labute approximate surface area is 174 Å². The van der Waals surface area contributed by atoms with Gasteiger partial charge in [-0.25, -0.2) is 4.39 Å². The summed E-state index contributed by atoms with van der Waals surface area (Å²) >= 11 is 0. The Bertz CT molecular complexity index is 1140. The molecule has 5 nitrogen and oxygen atoms in total. The molecular formula is C24H24FN3O2. The highest BCUT2D eigenvalue weighted by atomic mass is 19.1. The number of aromatic nitrogens is 2. The lowest BCUT2D eigenvalue weighted by Crippen LogP contribution is -2.39. The minimum atomic E-state index is -0.260. The van der Waals surface area contributed by atoms with Gasteiger partial charge in [0, 0.05) is 49.7 Å². The van der Waals surface area contributed by atoms with E-state index in [1.165, 1.54) is 22.8 Å². The number of piperidine rings is 1. The van der Waals surface area contributed by atoms with E-state index < -0.39 is 0 Å². The maximum Gasteiger partial charge on any atom is 0.255 e. The van der Waals surface area contributed by atoms with Gasteiger partial charge < -0.3 is 9.47 Å². The van der Waals surface area contributed by atoms with Crippen LogP contribution < -0.4 is 5.56 Å². The number of halogens is 1. The van der Waals surface area contributed by atoms with Crippen molar-refractivity contribution in [2.75, 3.05) is 13.1 Å². The van der Waals surface area contributed by atoms with Gasteiger partial charge in [0.25, 0.3) is 5.91 Å². The number of carbonyl (C=O) groups excluding carboxylic acids is 1. The second-order valence-electron chi connectivity index (χ2n) is 7.89. The summed E-state index contributed by atoms with van der Waals surface area (Å²) in [5.41, 5.74) is 4.17. The monoisotopic (exact) mass is 405 g/mol. The van der Waals surface area contributed by atoms with Gasteiger partial charge in [-0.3, -0.25) is 14.6 Å². The third-order valence-electron chi connectivity index (χ3n) is 5.61. The molecule has 0 aliphatic carbocycles. The molecule has 1 aliphatic heterocycles. The highest BCUT2D eigenvalue weighted by Gasteiger charge is 2.27. The zero-order valence-electron chi connectivity index (χ0n) is 17.1. The zero-order chi connectivity index (χ0) is 21.3. The lowest BCUT2D eigenvalue weighted by Gasteiger charge is -2.33. The lowest BCUT2D eigenvalue weighted by atomic mass is 9.92. The van der Waals surface area contributed by atoms with Crippen LogP contribution in [0.3, 0.4) is 0 Å². The molecule has 1 fully saturated rings. The minimum Gasteiger partial charge on any atom is -0.338 e. The van der Waals surface area contributed by atoms with Crippen molar-refractivity contribution in [3.05, 3.63) is 87.9 Å². The van der Waals surface area contributed by atoms with Crippen molar-refractivity contribution < 1.29 is 9.18 Å². The fourth-order valence-electron chi connectivity index (χ4n) is 4.02. The molecular weight excluding hydrogens is 381 g/mol. The quantitative estimate of drug-likeness (QED) is 0.664. The van der Waals surface area contributed by atoms with Crippen LogP contribution in [0.2, 0.25) is 0 Å². The molecule has 0 saturated carbocycles. The molecule has 3 heterocycles. The van der Waals surface area contributed by atoms with Gasteiger partial charge in [-0.05, 0) is 61.2 Å². The van der Waals surface area contributed by atoms with Crippen molar-refractivity contribution in [2.24, 2.45) is 7.05 Å². The number of carbonyl (C=O) groups is 1. The molecule has 0 spiro atoms. The number of benzene rings is 1. The van der Waals surface area contributed by atoms with E-state index in [2.05, 4.69) is 0 Å². The number of amides is 1. The van der Waals surface area contributed by atoms with Crippen molar-refractivity contribution in [1.82, 2.24) is 14.5 Å². The van der Waals surface area contributed by atoms with Crippen molar-refractivity contribution in [1.29, 1.82) is 0 Å². The predicted molar refractivity (Wildman–Crippen MR) is 114 cm³/mol. The molecule has 3 aromatic rings. The summed E-state index contributed by atoms with van der Waals surface area (Å²) in [5.74, 6) is -0.194. The third kappa shape index (κ3) is 4.17. The maximum atomic E-state index is 13.3. The Hall–Kier alpha value is -3.28. The highest BCUT2D eigenvalue weighted by molar-refractivity contribution is 5.94. The molecule has 0 unspecified atom stereocenters. The second-order valence-corrected chi connectivity index (χ2v) is 7.89. The first kappa shape index (κ1) is 20.0. The number of hydrogen-bond acceptors (Lipinski definition) is 3. The Morgan fingerprint density at radius 1 is 1.10 bits per heavy atom. The van der Waals surface area contributed by atoms with E-state index in [1.807, 2.05) is 24.0 Å².